The van der Waals surface area contributed by atoms with E-state index in [2.05, 4.69) is 10.4 Å². The Morgan fingerprint density at radius 2 is 1.77 bits per heavy atom. The van der Waals surface area contributed by atoms with E-state index in [-0.39, 0.29) is 17.7 Å². The number of rotatable bonds is 7. The van der Waals surface area contributed by atoms with E-state index in [0.29, 0.717) is 0 Å². The van der Waals surface area contributed by atoms with Gasteiger partial charge in [0.25, 0.3) is 5.56 Å². The van der Waals surface area contributed by atoms with Crippen molar-refractivity contribution >= 4 is 11.9 Å². The summed E-state index contributed by atoms with van der Waals surface area (Å²) < 4.78 is 19.7. The van der Waals surface area contributed by atoms with Gasteiger partial charge in [-0.25, -0.2) is 13.9 Å². The van der Waals surface area contributed by atoms with Gasteiger partial charge < -0.3 is 10.1 Å². The molecule has 1 atom stereocenters. The normalized spacial score (nSPS) is 11.5. The van der Waals surface area contributed by atoms with Gasteiger partial charge in [0.1, 0.15) is 18.4 Å². The highest BCUT2D eigenvalue weighted by Crippen LogP contribution is 2.18. The van der Waals surface area contributed by atoms with Gasteiger partial charge in [-0.05, 0) is 23.8 Å². The highest BCUT2D eigenvalue weighted by atomic mass is 19.1. The molecule has 0 saturated carbocycles. The summed E-state index contributed by atoms with van der Waals surface area (Å²) in [6.07, 6.45) is 0.233. The lowest BCUT2D eigenvalue weighted by atomic mass is 10.1. The Labute approximate surface area is 172 Å². The van der Waals surface area contributed by atoms with Gasteiger partial charge in [-0.2, -0.15) is 5.10 Å². The van der Waals surface area contributed by atoms with Crippen molar-refractivity contribution in [1.82, 2.24) is 15.1 Å². The van der Waals surface area contributed by atoms with Gasteiger partial charge in [0.2, 0.25) is 5.91 Å². The summed E-state index contributed by atoms with van der Waals surface area (Å²) in [6.45, 7) is -0.427. The quantitative estimate of drug-likeness (QED) is 0.603. The Bertz CT molecular complexity index is 1100. The van der Waals surface area contributed by atoms with Crippen LogP contribution in [-0.2, 0) is 27.3 Å². The predicted molar refractivity (Wildman–Crippen MR) is 108 cm³/mol. The van der Waals surface area contributed by atoms with Crippen molar-refractivity contribution in [3.63, 3.8) is 0 Å². The highest BCUT2D eigenvalue weighted by molar-refractivity contribution is 5.84. The molecule has 0 unspecified atom stereocenters. The molecule has 0 saturated heterocycles. The number of nitrogens with zero attached hydrogens (tertiary/aromatic N) is 2. The van der Waals surface area contributed by atoms with Crippen LogP contribution in [0, 0.1) is 5.82 Å². The molecule has 7 nitrogen and oxygen atoms in total. The van der Waals surface area contributed by atoms with Crippen molar-refractivity contribution in [3.8, 4) is 11.3 Å². The van der Waals surface area contributed by atoms with E-state index in [4.69, 9.17) is 4.74 Å². The third kappa shape index (κ3) is 5.16. The number of aromatic nitrogens is 2. The van der Waals surface area contributed by atoms with Crippen LogP contribution in [0.4, 0.5) is 4.39 Å². The number of amides is 1. The van der Waals surface area contributed by atoms with Crippen LogP contribution in [0.2, 0.25) is 0 Å². The Balaban J connectivity index is 1.77. The zero-order chi connectivity index (χ0) is 21.5. The van der Waals surface area contributed by atoms with E-state index in [1.165, 1.54) is 31.4 Å². The van der Waals surface area contributed by atoms with E-state index >= 15 is 0 Å². The topological polar surface area (TPSA) is 90.3 Å². The molecule has 1 aromatic heterocycles. The van der Waals surface area contributed by atoms with Gasteiger partial charge in [-0.15, -0.1) is 0 Å². The first-order chi connectivity index (χ1) is 14.5. The average Bonchev–Trinajstić information content (AvgIpc) is 2.75. The Morgan fingerprint density at radius 3 is 2.47 bits per heavy atom. The molecule has 0 aliphatic carbocycles. The molecule has 8 heteroatoms. The lowest BCUT2D eigenvalue weighted by Crippen LogP contribution is -2.45. The SMILES string of the molecule is COC(=O)[C@H](Cc1ccccc1)NC(=O)Cn1nc(-c2ccccc2F)ccc1=O. The second-order valence-corrected chi connectivity index (χ2v) is 6.53. The first-order valence-corrected chi connectivity index (χ1v) is 9.22. The number of ether oxygens (including phenoxy) is 1. The van der Waals surface area contributed by atoms with Crippen molar-refractivity contribution in [2.75, 3.05) is 7.11 Å². The molecule has 154 valence electrons. The standard InChI is InChI=1S/C22H20FN3O4/c1-30-22(29)19(13-15-7-3-2-4-8-15)24-20(27)14-26-21(28)12-11-18(25-26)16-9-5-6-10-17(16)23/h2-12,19H,13-14H2,1H3,(H,24,27)/t19-/m0/s1. The number of carbonyl (C=O) groups excluding carboxylic acids is 2. The summed E-state index contributed by atoms with van der Waals surface area (Å²) in [6, 6.07) is 16.8. The molecule has 0 aliphatic rings. The van der Waals surface area contributed by atoms with E-state index in [9.17, 15) is 18.8 Å². The number of esters is 1. The van der Waals surface area contributed by atoms with Gasteiger partial charge in [0.15, 0.2) is 0 Å². The molecule has 1 amide bonds. The fraction of sp³-hybridized carbons (Fsp3) is 0.182. The van der Waals surface area contributed by atoms with E-state index in [1.54, 1.807) is 12.1 Å². The Hall–Kier alpha value is -3.81. The smallest absolute Gasteiger partial charge is 0.328 e. The van der Waals surface area contributed by atoms with Gasteiger partial charge in [-0.1, -0.05) is 42.5 Å². The summed E-state index contributed by atoms with van der Waals surface area (Å²) in [4.78, 5) is 36.7. The van der Waals surface area contributed by atoms with Crippen molar-refractivity contribution < 1.29 is 18.7 Å². The van der Waals surface area contributed by atoms with Gasteiger partial charge in [0, 0.05) is 18.1 Å². The van der Waals surface area contributed by atoms with Crippen LogP contribution in [-0.4, -0.2) is 34.8 Å². The van der Waals surface area contributed by atoms with Crippen LogP contribution in [0.3, 0.4) is 0 Å². The van der Waals surface area contributed by atoms with Crippen LogP contribution in [0.25, 0.3) is 11.3 Å². The van der Waals surface area contributed by atoms with Crippen molar-refractivity contribution in [2.45, 2.75) is 19.0 Å². The van der Waals surface area contributed by atoms with Crippen LogP contribution in [0.15, 0.2) is 71.5 Å². The summed E-state index contributed by atoms with van der Waals surface area (Å²) >= 11 is 0. The van der Waals surface area contributed by atoms with Crippen LogP contribution >= 0.6 is 0 Å². The van der Waals surface area contributed by atoms with Crippen molar-refractivity contribution in [1.29, 1.82) is 0 Å². The zero-order valence-corrected chi connectivity index (χ0v) is 16.2. The summed E-state index contributed by atoms with van der Waals surface area (Å²) in [5, 5.41) is 6.66. The fourth-order valence-electron chi connectivity index (χ4n) is 2.94. The maximum absolute atomic E-state index is 14.0. The number of benzene rings is 2. The van der Waals surface area contributed by atoms with Gasteiger partial charge in [0.05, 0.1) is 12.8 Å². The predicted octanol–water partition coefficient (Wildman–Crippen LogP) is 1.95. The molecule has 0 radical (unpaired) electrons. The zero-order valence-electron chi connectivity index (χ0n) is 16.2. The van der Waals surface area contributed by atoms with E-state index in [0.717, 1.165) is 10.2 Å². The minimum atomic E-state index is -0.921. The van der Waals surface area contributed by atoms with Crippen LogP contribution < -0.4 is 10.9 Å². The van der Waals surface area contributed by atoms with Crippen LogP contribution in [0.1, 0.15) is 5.56 Å². The number of nitrogens with one attached hydrogen (secondary N) is 1. The van der Waals surface area contributed by atoms with Crippen molar-refractivity contribution in [3.05, 3.63) is 88.5 Å². The fourth-order valence-corrected chi connectivity index (χ4v) is 2.94. The third-order valence-corrected chi connectivity index (χ3v) is 4.41. The maximum atomic E-state index is 14.0. The molecule has 1 N–H and O–H groups in total. The second kappa shape index (κ2) is 9.60. The number of methoxy groups -OCH3 is 1. The molecule has 30 heavy (non-hydrogen) atoms. The number of halogens is 1. The van der Waals surface area contributed by atoms with Gasteiger partial charge in [-0.3, -0.25) is 9.59 Å². The van der Waals surface area contributed by atoms with E-state index < -0.39 is 35.8 Å². The molecule has 0 fully saturated rings. The van der Waals surface area contributed by atoms with Crippen LogP contribution in [0.5, 0.6) is 0 Å². The lowest BCUT2D eigenvalue weighted by Gasteiger charge is -2.17. The van der Waals surface area contributed by atoms with Gasteiger partial charge >= 0.3 is 5.97 Å². The minimum absolute atomic E-state index is 0.211. The lowest BCUT2D eigenvalue weighted by molar-refractivity contribution is -0.145. The molecular weight excluding hydrogens is 389 g/mol. The number of carbonyl (C=O) groups is 2. The largest absolute Gasteiger partial charge is 0.467 e. The average molecular weight is 409 g/mol. The van der Waals surface area contributed by atoms with E-state index in [1.807, 2.05) is 30.3 Å². The first kappa shape index (κ1) is 20.9. The molecule has 0 aliphatic heterocycles. The Kier molecular flexibility index (Phi) is 6.69. The molecule has 1 heterocycles. The maximum Gasteiger partial charge on any atom is 0.328 e. The molecule has 2 aromatic carbocycles. The highest BCUT2D eigenvalue weighted by Gasteiger charge is 2.22. The summed E-state index contributed by atoms with van der Waals surface area (Å²) in [5.41, 5.74) is 0.741. The molecule has 0 spiro atoms. The minimum Gasteiger partial charge on any atom is -0.467 e. The monoisotopic (exact) mass is 409 g/mol. The summed E-state index contributed by atoms with van der Waals surface area (Å²) in [5.74, 6) is -1.69. The third-order valence-electron chi connectivity index (χ3n) is 4.41. The molecule has 3 aromatic rings. The first-order valence-electron chi connectivity index (χ1n) is 9.22. The number of hydrogen-bond donors (Lipinski definition) is 1. The molecular formula is C22H20FN3O4. The Morgan fingerprint density at radius 1 is 1.07 bits per heavy atom. The molecule has 0 bridgehead atoms. The summed E-state index contributed by atoms with van der Waals surface area (Å²) in [7, 11) is 1.23. The molecule has 3 rings (SSSR count). The number of hydrogen-bond acceptors (Lipinski definition) is 5. The van der Waals surface area contributed by atoms with Crippen molar-refractivity contribution in [2.24, 2.45) is 0 Å². The second-order valence-electron chi connectivity index (χ2n) is 6.53.